The molecule has 0 fully saturated rings. The van der Waals surface area contributed by atoms with E-state index in [9.17, 15) is 14.7 Å². The third kappa shape index (κ3) is 3.33. The van der Waals surface area contributed by atoms with Crippen molar-refractivity contribution in [1.29, 1.82) is 0 Å². The molecule has 3 heterocycles. The van der Waals surface area contributed by atoms with E-state index in [-0.39, 0.29) is 23.7 Å². The number of aryl methyl sites for hydroxylation is 2. The summed E-state index contributed by atoms with van der Waals surface area (Å²) in [5.41, 5.74) is 2.66. The van der Waals surface area contributed by atoms with Crippen LogP contribution in [0.1, 0.15) is 48.5 Å². The zero-order valence-corrected chi connectivity index (χ0v) is 15.3. The Morgan fingerprint density at radius 3 is 2.62 bits per heavy atom. The highest BCUT2D eigenvalue weighted by Gasteiger charge is 2.17. The summed E-state index contributed by atoms with van der Waals surface area (Å²) in [6, 6.07) is 3.29. The Morgan fingerprint density at radius 1 is 1.23 bits per heavy atom. The fourth-order valence-electron chi connectivity index (χ4n) is 3.10. The highest BCUT2D eigenvalue weighted by atomic mass is 16.3. The van der Waals surface area contributed by atoms with Gasteiger partial charge in [-0.05, 0) is 39.3 Å². The minimum atomic E-state index is -1.11. The van der Waals surface area contributed by atoms with Crippen molar-refractivity contribution < 1.29 is 5.11 Å². The van der Waals surface area contributed by atoms with Crippen LogP contribution in [0.5, 0.6) is 0 Å². The number of rotatable bonds is 5. The first-order valence-electron chi connectivity index (χ1n) is 8.49. The lowest BCUT2D eigenvalue weighted by Crippen LogP contribution is -2.27. The minimum absolute atomic E-state index is 0.0669. The number of pyridine rings is 2. The molecule has 0 bridgehead atoms. The van der Waals surface area contributed by atoms with Crippen molar-refractivity contribution in [3.05, 3.63) is 61.4 Å². The van der Waals surface area contributed by atoms with Crippen LogP contribution in [0.15, 0.2) is 27.9 Å². The van der Waals surface area contributed by atoms with E-state index in [0.717, 1.165) is 11.3 Å². The summed E-state index contributed by atoms with van der Waals surface area (Å²) in [6.45, 7) is 7.76. The van der Waals surface area contributed by atoms with E-state index in [4.69, 9.17) is 0 Å². The van der Waals surface area contributed by atoms with Crippen LogP contribution >= 0.6 is 0 Å². The van der Waals surface area contributed by atoms with Crippen molar-refractivity contribution in [2.24, 2.45) is 0 Å². The Morgan fingerprint density at radius 2 is 1.96 bits per heavy atom. The number of hydrogen-bond donors (Lipinski definition) is 4. The first kappa shape index (κ1) is 18.1. The second-order valence-corrected chi connectivity index (χ2v) is 6.76. The molecule has 3 aromatic heterocycles. The van der Waals surface area contributed by atoms with Crippen LogP contribution in [0.4, 0.5) is 0 Å². The van der Waals surface area contributed by atoms with Gasteiger partial charge in [0.2, 0.25) is 5.56 Å². The lowest BCUT2D eigenvalue weighted by molar-refractivity contribution is 0.138. The molecule has 1 atom stereocenters. The van der Waals surface area contributed by atoms with Gasteiger partial charge in [0.25, 0.3) is 5.56 Å². The summed E-state index contributed by atoms with van der Waals surface area (Å²) in [5.74, 6) is 0. The van der Waals surface area contributed by atoms with Gasteiger partial charge >= 0.3 is 0 Å². The van der Waals surface area contributed by atoms with Gasteiger partial charge < -0.3 is 15.1 Å². The van der Waals surface area contributed by atoms with Gasteiger partial charge in [0, 0.05) is 40.9 Å². The number of hydrogen-bond acceptors (Lipinski definition) is 5. The molecule has 0 spiro atoms. The minimum Gasteiger partial charge on any atom is -0.374 e. The van der Waals surface area contributed by atoms with Gasteiger partial charge in [-0.3, -0.25) is 14.9 Å². The molecule has 8 nitrogen and oxygen atoms in total. The summed E-state index contributed by atoms with van der Waals surface area (Å²) in [6.07, 6.45) is 0.514. The maximum absolute atomic E-state index is 12.1. The summed E-state index contributed by atoms with van der Waals surface area (Å²) in [7, 11) is 0. The molecular formula is C18H23N5O3. The number of nitrogens with one attached hydrogen (secondary N) is 3. The van der Waals surface area contributed by atoms with E-state index in [1.165, 1.54) is 6.07 Å². The zero-order chi connectivity index (χ0) is 19.0. The number of aromatic amines is 2. The van der Waals surface area contributed by atoms with Gasteiger partial charge in [0.05, 0.1) is 6.20 Å². The first-order valence-corrected chi connectivity index (χ1v) is 8.49. The number of nitrogens with zero attached hydrogens (tertiary/aromatic N) is 2. The third-order valence-electron chi connectivity index (χ3n) is 4.38. The number of aliphatic hydroxyl groups excluding tert-OH is 1. The smallest absolute Gasteiger partial charge is 0.252 e. The molecule has 8 heteroatoms. The van der Waals surface area contributed by atoms with Crippen molar-refractivity contribution in [3.8, 4) is 0 Å². The Hall–Kier alpha value is -2.71. The first-order chi connectivity index (χ1) is 12.3. The van der Waals surface area contributed by atoms with Gasteiger partial charge in [0.15, 0.2) is 0 Å². The van der Waals surface area contributed by atoms with Crippen LogP contribution in [0.3, 0.4) is 0 Å². The number of H-pyrrole nitrogens is 2. The van der Waals surface area contributed by atoms with Crippen molar-refractivity contribution >= 4 is 11.0 Å². The van der Waals surface area contributed by atoms with Gasteiger partial charge in [-0.2, -0.15) is 5.10 Å². The highest BCUT2D eigenvalue weighted by Crippen LogP contribution is 2.22. The van der Waals surface area contributed by atoms with Crippen LogP contribution in [0.2, 0.25) is 0 Å². The lowest BCUT2D eigenvalue weighted by Gasteiger charge is -2.15. The van der Waals surface area contributed by atoms with Crippen LogP contribution < -0.4 is 16.4 Å². The van der Waals surface area contributed by atoms with E-state index in [1.807, 2.05) is 33.8 Å². The summed E-state index contributed by atoms with van der Waals surface area (Å²) < 4.78 is 1.70. The molecule has 3 aromatic rings. The molecule has 138 valence electrons. The summed E-state index contributed by atoms with van der Waals surface area (Å²) in [5, 5.41) is 18.4. The second-order valence-electron chi connectivity index (χ2n) is 6.76. The molecule has 0 saturated carbocycles. The zero-order valence-electron chi connectivity index (χ0n) is 15.3. The second kappa shape index (κ2) is 6.89. The fraction of sp³-hybridized carbons (Fsp3) is 0.389. The molecule has 1 unspecified atom stereocenters. The third-order valence-corrected chi connectivity index (χ3v) is 4.38. The molecule has 0 aliphatic rings. The molecule has 26 heavy (non-hydrogen) atoms. The quantitative estimate of drug-likeness (QED) is 0.515. The SMILES string of the molecule is Cc1cc(C)c(CNC(O)c2cc(=O)[nH]c3c2cnn3C(C)C)c(=O)[nH]1. The molecule has 0 saturated heterocycles. The Kier molecular flexibility index (Phi) is 4.80. The van der Waals surface area contributed by atoms with Crippen LogP contribution in [-0.4, -0.2) is 24.9 Å². The topological polar surface area (TPSA) is 116 Å². The summed E-state index contributed by atoms with van der Waals surface area (Å²) in [4.78, 5) is 29.6. The monoisotopic (exact) mass is 357 g/mol. The van der Waals surface area contributed by atoms with E-state index in [1.54, 1.807) is 10.9 Å². The van der Waals surface area contributed by atoms with Crippen molar-refractivity contribution in [2.45, 2.75) is 46.5 Å². The van der Waals surface area contributed by atoms with E-state index in [2.05, 4.69) is 20.4 Å². The molecule has 0 aliphatic carbocycles. The van der Waals surface area contributed by atoms with Gasteiger partial charge in [-0.25, -0.2) is 4.68 Å². The van der Waals surface area contributed by atoms with E-state index >= 15 is 0 Å². The Labute approximate surface area is 149 Å². The average molecular weight is 357 g/mol. The van der Waals surface area contributed by atoms with Crippen LogP contribution in [-0.2, 0) is 6.54 Å². The molecule has 0 aliphatic heterocycles. The van der Waals surface area contributed by atoms with Crippen LogP contribution in [0.25, 0.3) is 11.0 Å². The maximum atomic E-state index is 12.1. The number of aromatic nitrogens is 4. The predicted molar refractivity (Wildman–Crippen MR) is 99.1 cm³/mol. The van der Waals surface area contributed by atoms with Gasteiger partial charge in [-0.1, -0.05) is 0 Å². The summed E-state index contributed by atoms with van der Waals surface area (Å²) >= 11 is 0. The lowest BCUT2D eigenvalue weighted by atomic mass is 10.1. The largest absolute Gasteiger partial charge is 0.374 e. The highest BCUT2D eigenvalue weighted by molar-refractivity contribution is 5.78. The molecule has 0 radical (unpaired) electrons. The van der Waals surface area contributed by atoms with Gasteiger partial charge in [-0.15, -0.1) is 0 Å². The standard InChI is InChI=1S/C18H23N5O3/c1-9(2)23-16-14(8-20-23)12(6-15(24)22-16)17(25)19-7-13-10(3)5-11(4)21-18(13)26/h5-6,8-9,17,19,25H,7H2,1-4H3,(H,21,26)(H,22,24). The number of fused-ring (bicyclic) bond motifs is 1. The molecular weight excluding hydrogens is 334 g/mol. The van der Waals surface area contributed by atoms with E-state index in [0.29, 0.717) is 22.2 Å². The number of aliphatic hydroxyl groups is 1. The molecule has 4 N–H and O–H groups in total. The maximum Gasteiger partial charge on any atom is 0.252 e. The normalized spacial score (nSPS) is 12.8. The Balaban J connectivity index is 1.93. The predicted octanol–water partition coefficient (Wildman–Crippen LogP) is 1.39. The fourth-order valence-corrected chi connectivity index (χ4v) is 3.10. The molecule has 0 amide bonds. The van der Waals surface area contributed by atoms with Crippen LogP contribution in [0, 0.1) is 13.8 Å². The Bertz CT molecular complexity index is 1060. The molecule has 3 rings (SSSR count). The van der Waals surface area contributed by atoms with Crippen molar-refractivity contribution in [3.63, 3.8) is 0 Å². The van der Waals surface area contributed by atoms with Crippen molar-refractivity contribution in [2.75, 3.05) is 0 Å². The molecule has 0 aromatic carbocycles. The average Bonchev–Trinajstić information content (AvgIpc) is 2.96. The van der Waals surface area contributed by atoms with E-state index < -0.39 is 6.23 Å². The van der Waals surface area contributed by atoms with Gasteiger partial charge in [0.1, 0.15) is 11.9 Å². The van der Waals surface area contributed by atoms with Crippen molar-refractivity contribution in [1.82, 2.24) is 25.1 Å².